The van der Waals surface area contributed by atoms with Crippen LogP contribution in [-0.4, -0.2) is 25.2 Å². The summed E-state index contributed by atoms with van der Waals surface area (Å²) in [5, 5.41) is 5.40. The average Bonchev–Trinajstić information content (AvgIpc) is 3.11. The second kappa shape index (κ2) is 8.04. The van der Waals surface area contributed by atoms with Gasteiger partial charge in [-0.2, -0.15) is 5.10 Å². The summed E-state index contributed by atoms with van der Waals surface area (Å²) in [5.74, 6) is -0.186. The summed E-state index contributed by atoms with van der Waals surface area (Å²) in [5.41, 5.74) is 4.53. The van der Waals surface area contributed by atoms with Gasteiger partial charge in [0.15, 0.2) is 0 Å². The number of thiophene rings is 1. The fourth-order valence-corrected chi connectivity index (χ4v) is 3.97. The summed E-state index contributed by atoms with van der Waals surface area (Å²) in [6, 6.07) is 11.9. The van der Waals surface area contributed by atoms with Crippen LogP contribution in [0.1, 0.15) is 60.8 Å². The predicted octanol–water partition coefficient (Wildman–Crippen LogP) is 4.80. The van der Waals surface area contributed by atoms with Crippen LogP contribution in [0.25, 0.3) is 0 Å². The summed E-state index contributed by atoms with van der Waals surface area (Å²) in [6.07, 6.45) is 5.59. The molecule has 0 bridgehead atoms. The van der Waals surface area contributed by atoms with Gasteiger partial charge in [-0.05, 0) is 54.5 Å². The second-order valence-electron chi connectivity index (χ2n) is 7.75. The van der Waals surface area contributed by atoms with Gasteiger partial charge in [0.2, 0.25) is 0 Å². The summed E-state index contributed by atoms with van der Waals surface area (Å²) in [6.45, 7) is 8.75. The molecule has 1 aromatic heterocycles. The quantitative estimate of drug-likeness (QED) is 0.621. The maximum Gasteiger partial charge on any atom is 0.271 e. The van der Waals surface area contributed by atoms with Crippen LogP contribution in [-0.2, 0) is 5.41 Å². The SMILES string of the molecule is CC(C)(C)c1ccc(C(=O)N/N=C\c2ccc(N3CCCCC3)s2)cc1. The van der Waals surface area contributed by atoms with Crippen LogP contribution < -0.4 is 10.3 Å². The first-order valence-corrected chi connectivity index (χ1v) is 10.0. The van der Waals surface area contributed by atoms with Gasteiger partial charge >= 0.3 is 0 Å². The molecule has 1 N–H and O–H groups in total. The minimum Gasteiger partial charge on any atom is -0.363 e. The number of piperidine rings is 1. The predicted molar refractivity (Wildman–Crippen MR) is 111 cm³/mol. The smallest absolute Gasteiger partial charge is 0.271 e. The van der Waals surface area contributed by atoms with E-state index in [1.165, 1.54) is 29.8 Å². The summed E-state index contributed by atoms with van der Waals surface area (Å²) < 4.78 is 0. The number of hydrogen-bond acceptors (Lipinski definition) is 4. The lowest BCUT2D eigenvalue weighted by Crippen LogP contribution is -2.28. The van der Waals surface area contributed by atoms with Crippen molar-refractivity contribution in [2.75, 3.05) is 18.0 Å². The molecule has 1 amide bonds. The second-order valence-corrected chi connectivity index (χ2v) is 8.84. The number of anilines is 1. The van der Waals surface area contributed by atoms with Crippen LogP contribution in [0, 0.1) is 0 Å². The number of rotatable bonds is 4. The van der Waals surface area contributed by atoms with Crippen molar-refractivity contribution in [2.45, 2.75) is 45.4 Å². The van der Waals surface area contributed by atoms with E-state index < -0.39 is 0 Å². The Hall–Kier alpha value is -2.14. The molecule has 5 heteroatoms. The van der Waals surface area contributed by atoms with Crippen molar-refractivity contribution in [3.05, 3.63) is 52.4 Å². The van der Waals surface area contributed by atoms with E-state index in [2.05, 4.69) is 48.3 Å². The van der Waals surface area contributed by atoms with E-state index in [9.17, 15) is 4.79 Å². The third-order valence-corrected chi connectivity index (χ3v) is 5.73. The number of carbonyl (C=O) groups is 1. The first-order chi connectivity index (χ1) is 12.4. The largest absolute Gasteiger partial charge is 0.363 e. The van der Waals surface area contributed by atoms with Crippen molar-refractivity contribution in [3.8, 4) is 0 Å². The highest BCUT2D eigenvalue weighted by Gasteiger charge is 2.14. The maximum absolute atomic E-state index is 12.2. The molecule has 3 rings (SSSR count). The fraction of sp³-hybridized carbons (Fsp3) is 0.429. The highest BCUT2D eigenvalue weighted by Crippen LogP contribution is 2.27. The number of amides is 1. The number of hydrazone groups is 1. The number of benzene rings is 1. The van der Waals surface area contributed by atoms with Crippen LogP contribution in [0.15, 0.2) is 41.5 Å². The lowest BCUT2D eigenvalue weighted by Gasteiger charge is -2.27. The van der Waals surface area contributed by atoms with E-state index in [0.717, 1.165) is 18.0 Å². The highest BCUT2D eigenvalue weighted by atomic mass is 32.1. The summed E-state index contributed by atoms with van der Waals surface area (Å²) in [7, 11) is 0. The van der Waals surface area contributed by atoms with Crippen molar-refractivity contribution < 1.29 is 4.79 Å². The molecule has 1 saturated heterocycles. The van der Waals surface area contributed by atoms with Crippen LogP contribution in [0.5, 0.6) is 0 Å². The van der Waals surface area contributed by atoms with Crippen molar-refractivity contribution in [2.24, 2.45) is 5.10 Å². The van der Waals surface area contributed by atoms with Crippen molar-refractivity contribution in [1.29, 1.82) is 0 Å². The number of hydrogen-bond donors (Lipinski definition) is 1. The van der Waals surface area contributed by atoms with Crippen molar-refractivity contribution in [1.82, 2.24) is 5.43 Å². The van der Waals surface area contributed by atoms with Gasteiger partial charge in [-0.1, -0.05) is 32.9 Å². The van der Waals surface area contributed by atoms with Gasteiger partial charge in [0, 0.05) is 23.5 Å². The molecule has 1 aliphatic rings. The van der Waals surface area contributed by atoms with Gasteiger partial charge in [-0.25, -0.2) is 5.43 Å². The molecule has 1 fully saturated rings. The van der Waals surface area contributed by atoms with E-state index in [4.69, 9.17) is 0 Å². The molecule has 1 aliphatic heterocycles. The first kappa shape index (κ1) is 18.6. The Morgan fingerprint density at radius 2 is 1.77 bits per heavy atom. The zero-order valence-electron chi connectivity index (χ0n) is 15.8. The highest BCUT2D eigenvalue weighted by molar-refractivity contribution is 7.17. The van der Waals surface area contributed by atoms with Gasteiger partial charge in [0.05, 0.1) is 11.2 Å². The molecule has 0 saturated carbocycles. The fourth-order valence-electron chi connectivity index (χ4n) is 3.04. The maximum atomic E-state index is 12.2. The molecule has 0 aliphatic carbocycles. The summed E-state index contributed by atoms with van der Waals surface area (Å²) >= 11 is 1.72. The number of carbonyl (C=O) groups excluding carboxylic acids is 1. The normalized spacial score (nSPS) is 15.4. The zero-order chi connectivity index (χ0) is 18.6. The van der Waals surface area contributed by atoms with Crippen LogP contribution in [0.3, 0.4) is 0 Å². The monoisotopic (exact) mass is 369 g/mol. The third-order valence-electron chi connectivity index (χ3n) is 4.65. The molecule has 2 heterocycles. The average molecular weight is 370 g/mol. The van der Waals surface area contributed by atoms with Gasteiger partial charge < -0.3 is 4.90 Å². The van der Waals surface area contributed by atoms with E-state index in [0.29, 0.717) is 5.56 Å². The molecular weight excluding hydrogens is 342 g/mol. The Balaban J connectivity index is 1.56. The summed E-state index contributed by atoms with van der Waals surface area (Å²) in [4.78, 5) is 15.7. The van der Waals surface area contributed by atoms with Crippen LogP contribution in [0.2, 0.25) is 0 Å². The van der Waals surface area contributed by atoms with Gasteiger partial charge in [-0.15, -0.1) is 11.3 Å². The molecular formula is C21H27N3OS. The van der Waals surface area contributed by atoms with Crippen LogP contribution in [0.4, 0.5) is 5.00 Å². The Kier molecular flexibility index (Phi) is 5.77. The molecule has 0 radical (unpaired) electrons. The number of nitrogens with zero attached hydrogens (tertiary/aromatic N) is 2. The van der Waals surface area contributed by atoms with Gasteiger partial charge in [0.1, 0.15) is 0 Å². The molecule has 0 atom stereocenters. The van der Waals surface area contributed by atoms with Gasteiger partial charge in [-0.3, -0.25) is 4.79 Å². The molecule has 0 spiro atoms. The lowest BCUT2D eigenvalue weighted by atomic mass is 9.87. The molecule has 138 valence electrons. The van der Waals surface area contributed by atoms with Crippen LogP contribution >= 0.6 is 11.3 Å². The number of nitrogens with one attached hydrogen (secondary N) is 1. The molecule has 1 aromatic carbocycles. The molecule has 4 nitrogen and oxygen atoms in total. The molecule has 26 heavy (non-hydrogen) atoms. The van der Waals surface area contributed by atoms with E-state index in [1.54, 1.807) is 17.6 Å². The Morgan fingerprint density at radius 1 is 1.08 bits per heavy atom. The van der Waals surface area contributed by atoms with Gasteiger partial charge in [0.25, 0.3) is 5.91 Å². The standard InChI is InChI=1S/C21H27N3OS/c1-21(2,3)17-9-7-16(8-10-17)20(25)23-22-15-18-11-12-19(26-18)24-13-5-4-6-14-24/h7-12,15H,4-6,13-14H2,1-3H3,(H,23,25)/b22-15-. The third kappa shape index (κ3) is 4.73. The lowest BCUT2D eigenvalue weighted by molar-refractivity contribution is 0.0955. The van der Waals surface area contributed by atoms with E-state index >= 15 is 0 Å². The minimum absolute atomic E-state index is 0.0817. The zero-order valence-corrected chi connectivity index (χ0v) is 16.6. The Bertz CT molecular complexity index is 765. The van der Waals surface area contributed by atoms with Crippen molar-refractivity contribution >= 4 is 28.5 Å². The molecule has 0 unspecified atom stereocenters. The Labute approximate surface area is 159 Å². The minimum atomic E-state index is -0.186. The van der Waals surface area contributed by atoms with E-state index in [1.807, 2.05) is 24.3 Å². The molecule has 2 aromatic rings. The Morgan fingerprint density at radius 3 is 2.42 bits per heavy atom. The van der Waals surface area contributed by atoms with Crippen molar-refractivity contribution in [3.63, 3.8) is 0 Å². The first-order valence-electron chi connectivity index (χ1n) is 9.22. The topological polar surface area (TPSA) is 44.7 Å². The van der Waals surface area contributed by atoms with E-state index in [-0.39, 0.29) is 11.3 Å².